The highest BCUT2D eigenvalue weighted by molar-refractivity contribution is 7.51. The highest BCUT2D eigenvalue weighted by Gasteiger charge is 2.34. The van der Waals surface area contributed by atoms with Crippen LogP contribution in [0, 0.1) is 0 Å². The Morgan fingerprint density at radius 3 is 1.66 bits per heavy atom. The molecule has 0 aliphatic rings. The summed E-state index contributed by atoms with van der Waals surface area (Å²) in [4.78, 5) is 12.6. The van der Waals surface area contributed by atoms with Gasteiger partial charge in [0.1, 0.15) is 6.10 Å². The molecule has 38 heavy (non-hydrogen) atoms. The topological polar surface area (TPSA) is 67.8 Å². The Balaban J connectivity index is 3.62. The maximum Gasteiger partial charge on any atom is 0.193 e. The van der Waals surface area contributed by atoms with E-state index in [2.05, 4.69) is 19.1 Å². The molecule has 0 fully saturated rings. The molecular formula is C31H64NO5P. The summed E-state index contributed by atoms with van der Waals surface area (Å²) in [5.41, 5.74) is 0. The molecule has 7 heteroatoms. The third-order valence-electron chi connectivity index (χ3n) is 7.25. The molecule has 0 heterocycles. The van der Waals surface area contributed by atoms with Crippen molar-refractivity contribution in [3.05, 3.63) is 12.2 Å². The van der Waals surface area contributed by atoms with Crippen molar-refractivity contribution in [2.24, 2.45) is 0 Å². The molecule has 0 amide bonds. The zero-order chi connectivity index (χ0) is 28.5. The van der Waals surface area contributed by atoms with Gasteiger partial charge in [0.15, 0.2) is 13.4 Å². The predicted molar refractivity (Wildman–Crippen MR) is 161 cm³/mol. The number of allylic oxidation sites excluding steroid dienone is 2. The lowest BCUT2D eigenvalue weighted by Gasteiger charge is -2.41. The number of hydrogen-bond donors (Lipinski definition) is 0. The molecule has 0 rings (SSSR count). The molecule has 0 spiro atoms. The molecule has 6 nitrogen and oxygen atoms in total. The highest BCUT2D eigenvalue weighted by atomic mass is 31.2. The van der Waals surface area contributed by atoms with Gasteiger partial charge in [-0.3, -0.25) is 0 Å². The Bertz CT molecular complexity index is 593. The molecule has 0 aromatic heterocycles. The van der Waals surface area contributed by atoms with Crippen molar-refractivity contribution in [3.8, 4) is 0 Å². The number of ether oxygens (including phenoxy) is 2. The number of hydrogen-bond acceptors (Lipinski definition) is 5. The lowest BCUT2D eigenvalue weighted by Crippen LogP contribution is -2.47. The largest absolute Gasteiger partial charge is 0.774 e. The Morgan fingerprint density at radius 1 is 0.737 bits per heavy atom. The molecule has 2 unspecified atom stereocenters. The van der Waals surface area contributed by atoms with E-state index >= 15 is 0 Å². The van der Waals surface area contributed by atoms with Crippen LogP contribution in [0.25, 0.3) is 0 Å². The minimum atomic E-state index is -3.99. The first-order valence-corrected chi connectivity index (χ1v) is 17.3. The Labute approximate surface area is 237 Å². The zero-order valence-corrected chi connectivity index (χ0v) is 27.0. The first kappa shape index (κ1) is 37.8. The smallest absolute Gasteiger partial charge is 0.193 e. The first-order valence-electron chi connectivity index (χ1n) is 15.7. The van der Waals surface area contributed by atoms with Gasteiger partial charge in [-0.1, -0.05) is 103 Å². The molecule has 0 N–H and O–H groups in total. The van der Waals surface area contributed by atoms with Crippen molar-refractivity contribution in [2.75, 3.05) is 48.1 Å². The van der Waals surface area contributed by atoms with E-state index in [1.807, 2.05) is 28.1 Å². The van der Waals surface area contributed by atoms with Crippen LogP contribution in [-0.4, -0.2) is 64.4 Å². The lowest BCUT2D eigenvalue weighted by atomic mass is 10.0. The third kappa shape index (κ3) is 21.6. The van der Waals surface area contributed by atoms with Crippen molar-refractivity contribution in [3.63, 3.8) is 0 Å². The maximum absolute atomic E-state index is 12.6. The van der Waals surface area contributed by atoms with E-state index < -0.39 is 13.4 Å². The summed E-state index contributed by atoms with van der Waals surface area (Å²) in [7, 11) is 3.18. The van der Waals surface area contributed by atoms with Gasteiger partial charge < -0.3 is 27.9 Å². The van der Waals surface area contributed by atoms with Crippen molar-refractivity contribution in [2.45, 2.75) is 141 Å². The molecule has 0 saturated heterocycles. The van der Waals surface area contributed by atoms with Gasteiger partial charge in [-0.2, -0.15) is 0 Å². The Hall–Kier alpha value is -0.230. The number of rotatable bonds is 28. The summed E-state index contributed by atoms with van der Waals surface area (Å²) >= 11 is 0. The van der Waals surface area contributed by atoms with Gasteiger partial charge in [-0.15, -0.1) is 0 Å². The van der Waals surface area contributed by atoms with Crippen LogP contribution in [0.4, 0.5) is 0 Å². The average Bonchev–Trinajstić information content (AvgIpc) is 2.86. The minimum Gasteiger partial charge on any atom is -0.774 e. The van der Waals surface area contributed by atoms with Crippen LogP contribution in [0.1, 0.15) is 129 Å². The maximum atomic E-state index is 12.6. The molecule has 3 atom stereocenters. The number of quaternary nitrogens is 1. The van der Waals surface area contributed by atoms with Crippen LogP contribution < -0.4 is 4.89 Å². The fourth-order valence-electron chi connectivity index (χ4n) is 4.85. The van der Waals surface area contributed by atoms with Gasteiger partial charge in [0.2, 0.25) is 0 Å². The van der Waals surface area contributed by atoms with Gasteiger partial charge >= 0.3 is 0 Å². The van der Waals surface area contributed by atoms with Crippen LogP contribution in [0.3, 0.4) is 0 Å². The number of methoxy groups -OCH3 is 1. The zero-order valence-electron chi connectivity index (χ0n) is 26.1. The lowest BCUT2D eigenvalue weighted by molar-refractivity contribution is -0.884. The van der Waals surface area contributed by atoms with Crippen molar-refractivity contribution >= 4 is 7.60 Å². The third-order valence-corrected chi connectivity index (χ3v) is 9.55. The standard InChI is InChI=1S/C31H64NO5P/c1-7-9-10-11-12-13-14-15-16-17-18-19-20-21-22-23-24-25-26-27-36-28-30(35-6)29-37-38(33,34)31(8-2)32(3,4)5/h21-22,30-31H,7-20,23-29H2,1-6H3/b22-21-/t30-,31?/m1/s1. The molecular weight excluding hydrogens is 497 g/mol. The SMILES string of the molecule is CCCCCCCCCCCCCC/C=C\CCCCCOC[C@H](COP(=O)([O-])C(CC)[N+](C)(C)C)OC. The first-order chi connectivity index (χ1) is 18.2. The van der Waals surface area contributed by atoms with E-state index in [0.717, 1.165) is 19.3 Å². The van der Waals surface area contributed by atoms with Crippen LogP contribution in [0.15, 0.2) is 12.2 Å². The average molecular weight is 562 g/mol. The summed E-state index contributed by atoms with van der Waals surface area (Å²) in [5.74, 6) is -0.570. The van der Waals surface area contributed by atoms with Gasteiger partial charge in [0.05, 0.1) is 34.4 Å². The van der Waals surface area contributed by atoms with E-state index in [1.54, 1.807) is 7.11 Å². The molecule has 0 saturated carbocycles. The fourth-order valence-corrected chi connectivity index (χ4v) is 6.69. The molecule has 228 valence electrons. The van der Waals surface area contributed by atoms with Crippen molar-refractivity contribution in [1.82, 2.24) is 0 Å². The van der Waals surface area contributed by atoms with E-state index in [4.69, 9.17) is 14.0 Å². The Morgan fingerprint density at radius 2 is 1.21 bits per heavy atom. The molecule has 0 bridgehead atoms. The molecule has 0 radical (unpaired) electrons. The molecule has 0 aliphatic carbocycles. The minimum absolute atomic E-state index is 0.00222. The Kier molecular flexibility index (Phi) is 24.4. The number of nitrogens with zero attached hydrogens (tertiary/aromatic N) is 1. The summed E-state index contributed by atoms with van der Waals surface area (Å²) < 4.78 is 29.3. The van der Waals surface area contributed by atoms with E-state index in [1.165, 1.54) is 89.9 Å². The van der Waals surface area contributed by atoms with Crippen LogP contribution in [-0.2, 0) is 18.6 Å². The normalized spacial score (nSPS) is 15.7. The van der Waals surface area contributed by atoms with Crippen LogP contribution >= 0.6 is 7.60 Å². The second kappa shape index (κ2) is 24.6. The number of unbranched alkanes of at least 4 members (excludes halogenated alkanes) is 15. The quantitative estimate of drug-likeness (QED) is 0.0416. The molecule has 0 aromatic carbocycles. The van der Waals surface area contributed by atoms with Crippen molar-refractivity contribution < 1.29 is 27.9 Å². The predicted octanol–water partition coefficient (Wildman–Crippen LogP) is 8.24. The van der Waals surface area contributed by atoms with Crippen LogP contribution in [0.2, 0.25) is 0 Å². The summed E-state index contributed by atoms with van der Waals surface area (Å²) in [5, 5.41) is 0. The molecule has 0 aromatic rings. The van der Waals surface area contributed by atoms with E-state index in [-0.39, 0.29) is 12.7 Å². The van der Waals surface area contributed by atoms with Gasteiger partial charge in [0.25, 0.3) is 0 Å². The monoisotopic (exact) mass is 561 g/mol. The summed E-state index contributed by atoms with van der Waals surface area (Å²) in [6, 6.07) is 0. The van der Waals surface area contributed by atoms with Gasteiger partial charge in [-0.05, 0) is 32.1 Å². The van der Waals surface area contributed by atoms with Crippen molar-refractivity contribution in [1.29, 1.82) is 0 Å². The summed E-state index contributed by atoms with van der Waals surface area (Å²) in [6.45, 7) is 5.15. The van der Waals surface area contributed by atoms with E-state index in [0.29, 0.717) is 24.1 Å². The van der Waals surface area contributed by atoms with Gasteiger partial charge in [-0.25, -0.2) is 0 Å². The summed E-state index contributed by atoms with van der Waals surface area (Å²) in [6.07, 6.45) is 27.3. The van der Waals surface area contributed by atoms with Crippen LogP contribution in [0.5, 0.6) is 0 Å². The highest BCUT2D eigenvalue weighted by Crippen LogP contribution is 2.47. The second-order valence-corrected chi connectivity index (χ2v) is 13.7. The second-order valence-electron chi connectivity index (χ2n) is 11.8. The van der Waals surface area contributed by atoms with E-state index in [9.17, 15) is 9.46 Å². The molecule has 0 aliphatic heterocycles. The van der Waals surface area contributed by atoms with Gasteiger partial charge in [0, 0.05) is 20.1 Å². The fraction of sp³-hybridized carbons (Fsp3) is 0.935.